The Labute approximate surface area is 192 Å². The van der Waals surface area contributed by atoms with E-state index in [0.29, 0.717) is 33.8 Å². The smallest absolute Gasteiger partial charge is 0.258 e. The van der Waals surface area contributed by atoms with Gasteiger partial charge in [0.1, 0.15) is 18.5 Å². The number of pyridine rings is 1. The molecule has 0 fully saturated rings. The molecule has 0 saturated carbocycles. The van der Waals surface area contributed by atoms with E-state index in [1.165, 1.54) is 7.11 Å². The van der Waals surface area contributed by atoms with Crippen LogP contribution in [0.1, 0.15) is 19.5 Å². The summed E-state index contributed by atoms with van der Waals surface area (Å²) >= 11 is 6.40. The van der Waals surface area contributed by atoms with E-state index in [-0.39, 0.29) is 13.2 Å². The summed E-state index contributed by atoms with van der Waals surface area (Å²) in [5, 5.41) is 14.0. The van der Waals surface area contributed by atoms with Crippen LogP contribution in [0.3, 0.4) is 0 Å². The number of methoxy groups -OCH3 is 1. The van der Waals surface area contributed by atoms with Crippen LogP contribution in [0.15, 0.2) is 28.8 Å². The molecule has 32 heavy (non-hydrogen) atoms. The fourth-order valence-electron chi connectivity index (χ4n) is 3.18. The van der Waals surface area contributed by atoms with Crippen molar-refractivity contribution in [1.29, 1.82) is 0 Å². The van der Waals surface area contributed by atoms with Gasteiger partial charge < -0.3 is 29.7 Å². The van der Waals surface area contributed by atoms with E-state index >= 15 is 0 Å². The minimum absolute atomic E-state index is 0.00541. The van der Waals surface area contributed by atoms with Crippen molar-refractivity contribution in [2.45, 2.75) is 26.9 Å². The van der Waals surface area contributed by atoms with Gasteiger partial charge in [-0.2, -0.15) is 4.98 Å². The van der Waals surface area contributed by atoms with Crippen molar-refractivity contribution >= 4 is 17.4 Å². The topological polar surface area (TPSA) is 120 Å². The van der Waals surface area contributed by atoms with Crippen molar-refractivity contribution in [3.05, 3.63) is 35.0 Å². The van der Waals surface area contributed by atoms with E-state index in [1.54, 1.807) is 12.1 Å². The third-order valence-electron chi connectivity index (χ3n) is 4.88. The van der Waals surface area contributed by atoms with Gasteiger partial charge in [0, 0.05) is 36.5 Å². The van der Waals surface area contributed by atoms with Crippen LogP contribution >= 0.6 is 11.6 Å². The zero-order valence-electron chi connectivity index (χ0n) is 18.6. The minimum atomic E-state index is -0.805. The summed E-state index contributed by atoms with van der Waals surface area (Å²) in [5.41, 5.74) is 7.66. The first-order chi connectivity index (χ1) is 15.4. The number of rotatable bonds is 10. The summed E-state index contributed by atoms with van der Waals surface area (Å²) in [6.45, 7) is 7.85. The van der Waals surface area contributed by atoms with Crippen molar-refractivity contribution in [3.63, 3.8) is 0 Å². The lowest BCUT2D eigenvalue weighted by molar-refractivity contribution is 0.112. The van der Waals surface area contributed by atoms with E-state index in [1.807, 2.05) is 19.1 Å². The molecule has 0 saturated heterocycles. The standard InChI is InChI=1S/C22H28ClN5O4/c1-5-28(6-2)19-10-15(7-13(3)25-19)22-26-21(27-32-22)14-8-17(23)20(18(9-14)30-4)31-12-16(29)11-24/h7-10,16,29H,5-6,11-12,24H2,1-4H3. The molecular weight excluding hydrogens is 434 g/mol. The highest BCUT2D eigenvalue weighted by atomic mass is 35.5. The first kappa shape index (κ1) is 23.8. The quantitative estimate of drug-likeness (QED) is 0.468. The number of aliphatic hydroxyl groups is 1. The Morgan fingerprint density at radius 3 is 2.56 bits per heavy atom. The van der Waals surface area contributed by atoms with E-state index in [9.17, 15) is 5.11 Å². The van der Waals surface area contributed by atoms with Gasteiger partial charge >= 0.3 is 0 Å². The van der Waals surface area contributed by atoms with Crippen LogP contribution in [0.5, 0.6) is 11.5 Å². The average molecular weight is 462 g/mol. The molecule has 0 aliphatic carbocycles. The third kappa shape index (κ3) is 5.29. The number of nitrogens with two attached hydrogens (primary N) is 1. The number of aryl methyl sites for hydroxylation is 1. The predicted molar refractivity (Wildman–Crippen MR) is 123 cm³/mol. The number of ether oxygens (including phenoxy) is 2. The fraction of sp³-hybridized carbons (Fsp3) is 0.409. The highest BCUT2D eigenvalue weighted by Gasteiger charge is 2.19. The molecule has 0 aliphatic heterocycles. The number of halogens is 1. The molecule has 2 heterocycles. The number of benzene rings is 1. The first-order valence-corrected chi connectivity index (χ1v) is 10.7. The molecule has 3 aromatic rings. The summed E-state index contributed by atoms with van der Waals surface area (Å²) < 4.78 is 16.5. The Kier molecular flexibility index (Phi) is 7.89. The van der Waals surface area contributed by atoms with Crippen LogP contribution < -0.4 is 20.1 Å². The summed E-state index contributed by atoms with van der Waals surface area (Å²) in [6, 6.07) is 7.19. The van der Waals surface area contributed by atoms with E-state index in [0.717, 1.165) is 30.2 Å². The lowest BCUT2D eigenvalue weighted by Crippen LogP contribution is -2.26. The molecule has 3 rings (SSSR count). The van der Waals surface area contributed by atoms with Gasteiger partial charge in [-0.05, 0) is 45.0 Å². The van der Waals surface area contributed by atoms with Gasteiger partial charge in [0.25, 0.3) is 5.89 Å². The second kappa shape index (κ2) is 10.6. The monoisotopic (exact) mass is 461 g/mol. The largest absolute Gasteiger partial charge is 0.493 e. The first-order valence-electron chi connectivity index (χ1n) is 10.4. The zero-order chi connectivity index (χ0) is 23.3. The maximum Gasteiger partial charge on any atom is 0.258 e. The van der Waals surface area contributed by atoms with Gasteiger partial charge in [-0.25, -0.2) is 4.98 Å². The van der Waals surface area contributed by atoms with Crippen LogP contribution in [0.2, 0.25) is 5.02 Å². The maximum absolute atomic E-state index is 9.65. The third-order valence-corrected chi connectivity index (χ3v) is 5.16. The highest BCUT2D eigenvalue weighted by Crippen LogP contribution is 2.39. The fourth-order valence-corrected chi connectivity index (χ4v) is 3.44. The molecule has 0 spiro atoms. The number of hydrogen-bond donors (Lipinski definition) is 2. The summed E-state index contributed by atoms with van der Waals surface area (Å²) in [7, 11) is 1.50. The molecular formula is C22H28ClN5O4. The second-order valence-electron chi connectivity index (χ2n) is 7.14. The lowest BCUT2D eigenvalue weighted by atomic mass is 10.2. The number of nitrogens with zero attached hydrogens (tertiary/aromatic N) is 4. The molecule has 0 amide bonds. The summed E-state index contributed by atoms with van der Waals surface area (Å²) in [4.78, 5) is 11.3. The van der Waals surface area contributed by atoms with Gasteiger partial charge in [0.15, 0.2) is 11.5 Å². The Morgan fingerprint density at radius 1 is 1.16 bits per heavy atom. The molecule has 172 valence electrons. The Balaban J connectivity index is 1.92. The highest BCUT2D eigenvalue weighted by molar-refractivity contribution is 6.32. The molecule has 10 heteroatoms. The SMILES string of the molecule is CCN(CC)c1cc(-c2nc(-c3cc(Cl)c(OCC(O)CN)c(OC)c3)no2)cc(C)n1. The molecule has 1 unspecified atom stereocenters. The van der Waals surface area contributed by atoms with Crippen molar-refractivity contribution in [2.24, 2.45) is 5.73 Å². The number of aromatic nitrogens is 3. The zero-order valence-corrected chi connectivity index (χ0v) is 19.4. The minimum Gasteiger partial charge on any atom is -0.493 e. The number of anilines is 1. The van der Waals surface area contributed by atoms with Crippen molar-refractivity contribution in [1.82, 2.24) is 15.1 Å². The average Bonchev–Trinajstić information content (AvgIpc) is 3.28. The molecule has 0 bridgehead atoms. The van der Waals surface area contributed by atoms with E-state index in [4.69, 9.17) is 31.3 Å². The van der Waals surface area contributed by atoms with E-state index in [2.05, 4.69) is 33.9 Å². The number of aliphatic hydroxyl groups excluding tert-OH is 1. The molecule has 0 radical (unpaired) electrons. The lowest BCUT2D eigenvalue weighted by Gasteiger charge is -2.20. The van der Waals surface area contributed by atoms with Gasteiger partial charge in [0.05, 0.1) is 12.1 Å². The normalized spacial score (nSPS) is 12.0. The van der Waals surface area contributed by atoms with Crippen LogP contribution in [-0.2, 0) is 0 Å². The number of hydrogen-bond acceptors (Lipinski definition) is 9. The summed E-state index contributed by atoms with van der Waals surface area (Å²) in [6.07, 6.45) is -0.805. The van der Waals surface area contributed by atoms with E-state index < -0.39 is 6.10 Å². The molecule has 1 aromatic carbocycles. The van der Waals surface area contributed by atoms with Crippen LogP contribution in [0.25, 0.3) is 22.8 Å². The molecule has 2 aromatic heterocycles. The van der Waals surface area contributed by atoms with Crippen molar-refractivity contribution in [3.8, 4) is 34.3 Å². The van der Waals surface area contributed by atoms with Crippen LogP contribution in [0, 0.1) is 6.92 Å². The van der Waals surface area contributed by atoms with Crippen molar-refractivity contribution in [2.75, 3.05) is 38.3 Å². The van der Waals surface area contributed by atoms with Gasteiger partial charge in [0.2, 0.25) is 5.82 Å². The van der Waals surface area contributed by atoms with Crippen molar-refractivity contribution < 1.29 is 19.1 Å². The molecule has 0 aliphatic rings. The molecule has 9 nitrogen and oxygen atoms in total. The molecule has 1 atom stereocenters. The van der Waals surface area contributed by atoms with Gasteiger partial charge in [-0.3, -0.25) is 0 Å². The van der Waals surface area contributed by atoms with Gasteiger partial charge in [-0.1, -0.05) is 16.8 Å². The summed E-state index contributed by atoms with van der Waals surface area (Å²) in [5.74, 6) is 2.28. The molecule has 3 N–H and O–H groups in total. The Bertz CT molecular complexity index is 1050. The Hall–Kier alpha value is -2.88. The second-order valence-corrected chi connectivity index (χ2v) is 7.55. The predicted octanol–water partition coefficient (Wildman–Crippen LogP) is 3.31. The van der Waals surface area contributed by atoms with Crippen LogP contribution in [0.4, 0.5) is 5.82 Å². The maximum atomic E-state index is 9.65. The van der Waals surface area contributed by atoms with Gasteiger partial charge in [-0.15, -0.1) is 0 Å². The Morgan fingerprint density at radius 2 is 1.91 bits per heavy atom. The van der Waals surface area contributed by atoms with Crippen LogP contribution in [-0.4, -0.2) is 59.7 Å².